The van der Waals surface area contributed by atoms with Crippen LogP contribution in [0.1, 0.15) is 31.2 Å². The molecule has 1 heterocycles. The number of aromatic nitrogens is 1. The molecule has 20 heavy (non-hydrogen) atoms. The second kappa shape index (κ2) is 5.37. The van der Waals surface area contributed by atoms with E-state index in [1.165, 1.54) is 25.7 Å². The fourth-order valence-electron chi connectivity index (χ4n) is 3.02. The average molecular weight is 285 g/mol. The third-order valence-electron chi connectivity index (χ3n) is 4.20. The maximum atomic E-state index is 5.89. The number of thiocarbonyl (C=S) groups is 1. The maximum Gasteiger partial charge on any atom is 0.129 e. The topological polar surface area (TPSA) is 42.1 Å². The summed E-state index contributed by atoms with van der Waals surface area (Å²) in [5, 5.41) is 1.03. The number of pyridine rings is 1. The van der Waals surface area contributed by atoms with Crippen molar-refractivity contribution in [1.29, 1.82) is 0 Å². The van der Waals surface area contributed by atoms with Crippen LogP contribution in [0, 0.1) is 0 Å². The van der Waals surface area contributed by atoms with Crippen LogP contribution >= 0.6 is 12.2 Å². The highest BCUT2D eigenvalue weighted by molar-refractivity contribution is 7.80. The molecule has 0 unspecified atom stereocenters. The molecule has 1 saturated carbocycles. The first-order valence-electron chi connectivity index (χ1n) is 7.09. The molecule has 1 fully saturated rings. The first-order chi connectivity index (χ1) is 9.66. The van der Waals surface area contributed by atoms with Crippen molar-refractivity contribution in [3.63, 3.8) is 0 Å². The van der Waals surface area contributed by atoms with Gasteiger partial charge in [-0.2, -0.15) is 0 Å². The maximum absolute atomic E-state index is 5.89. The third kappa shape index (κ3) is 2.36. The van der Waals surface area contributed by atoms with Crippen molar-refractivity contribution in [1.82, 2.24) is 4.98 Å². The van der Waals surface area contributed by atoms with Crippen LogP contribution in [-0.2, 0) is 0 Å². The smallest absolute Gasteiger partial charge is 0.129 e. The summed E-state index contributed by atoms with van der Waals surface area (Å²) in [6.07, 6.45) is 5.11. The largest absolute Gasteiger partial charge is 0.389 e. The average Bonchev–Trinajstić information content (AvgIpc) is 2.99. The Labute approximate surface area is 124 Å². The van der Waals surface area contributed by atoms with Crippen molar-refractivity contribution in [2.24, 2.45) is 5.73 Å². The van der Waals surface area contributed by atoms with E-state index in [0.29, 0.717) is 11.0 Å². The summed E-state index contributed by atoms with van der Waals surface area (Å²) >= 11 is 5.20. The van der Waals surface area contributed by atoms with Crippen LogP contribution in [-0.4, -0.2) is 23.1 Å². The second-order valence-corrected chi connectivity index (χ2v) is 5.90. The predicted octanol–water partition coefficient (Wildman–Crippen LogP) is 3.25. The van der Waals surface area contributed by atoms with Crippen LogP contribution < -0.4 is 10.6 Å². The monoisotopic (exact) mass is 285 g/mol. The van der Waals surface area contributed by atoms with Crippen LogP contribution in [0.25, 0.3) is 10.9 Å². The van der Waals surface area contributed by atoms with Crippen molar-refractivity contribution in [3.8, 4) is 0 Å². The number of nitrogens with zero attached hydrogens (tertiary/aromatic N) is 2. The summed E-state index contributed by atoms with van der Waals surface area (Å²) < 4.78 is 0. The first kappa shape index (κ1) is 13.3. The minimum absolute atomic E-state index is 0.435. The van der Waals surface area contributed by atoms with Gasteiger partial charge in [0.1, 0.15) is 10.8 Å². The Morgan fingerprint density at radius 2 is 2.00 bits per heavy atom. The zero-order chi connectivity index (χ0) is 14.1. The third-order valence-corrected chi connectivity index (χ3v) is 4.42. The standard InChI is InChI=1S/C16H19N3S/c1-19(11-6-2-3-7-11)15-10-13(16(17)20)12-8-4-5-9-14(12)18-15/h4-5,8-11H,2-3,6-7H2,1H3,(H2,17,20). The number of fused-ring (bicyclic) bond motifs is 1. The summed E-state index contributed by atoms with van der Waals surface area (Å²) in [7, 11) is 2.12. The van der Waals surface area contributed by atoms with Crippen LogP contribution in [0.4, 0.5) is 5.82 Å². The van der Waals surface area contributed by atoms with E-state index in [2.05, 4.69) is 11.9 Å². The molecule has 0 saturated heterocycles. The Kier molecular flexibility index (Phi) is 3.57. The number of anilines is 1. The molecule has 104 valence electrons. The zero-order valence-electron chi connectivity index (χ0n) is 11.7. The molecule has 3 rings (SSSR count). The van der Waals surface area contributed by atoms with E-state index in [4.69, 9.17) is 22.9 Å². The highest BCUT2D eigenvalue weighted by atomic mass is 32.1. The Morgan fingerprint density at radius 1 is 1.30 bits per heavy atom. The minimum Gasteiger partial charge on any atom is -0.389 e. The SMILES string of the molecule is CN(c1cc(C(N)=S)c2ccccc2n1)C1CCCC1. The van der Waals surface area contributed by atoms with Crippen molar-refractivity contribution in [3.05, 3.63) is 35.9 Å². The molecule has 2 aromatic rings. The van der Waals surface area contributed by atoms with E-state index in [1.807, 2.05) is 30.3 Å². The van der Waals surface area contributed by atoms with Gasteiger partial charge in [-0.15, -0.1) is 0 Å². The highest BCUT2D eigenvalue weighted by Gasteiger charge is 2.21. The molecule has 1 aromatic carbocycles. The fourth-order valence-corrected chi connectivity index (χ4v) is 3.19. The zero-order valence-corrected chi connectivity index (χ0v) is 12.5. The van der Waals surface area contributed by atoms with Gasteiger partial charge in [0.2, 0.25) is 0 Å². The molecule has 2 N–H and O–H groups in total. The Morgan fingerprint density at radius 3 is 2.70 bits per heavy atom. The molecule has 3 nitrogen and oxygen atoms in total. The molecular formula is C16H19N3S. The molecule has 0 bridgehead atoms. The van der Waals surface area contributed by atoms with Crippen LogP contribution in [0.5, 0.6) is 0 Å². The molecule has 1 aliphatic carbocycles. The van der Waals surface area contributed by atoms with Crippen molar-refractivity contribution >= 4 is 33.9 Å². The lowest BCUT2D eigenvalue weighted by Crippen LogP contribution is -2.30. The van der Waals surface area contributed by atoms with E-state index in [-0.39, 0.29) is 0 Å². The Bertz CT molecular complexity index is 647. The molecule has 4 heteroatoms. The minimum atomic E-state index is 0.435. The van der Waals surface area contributed by atoms with Gasteiger partial charge >= 0.3 is 0 Å². The lowest BCUT2D eigenvalue weighted by atomic mass is 10.1. The summed E-state index contributed by atoms with van der Waals surface area (Å²) in [6, 6.07) is 10.6. The fraction of sp³-hybridized carbons (Fsp3) is 0.375. The Balaban J connectivity index is 2.09. The normalized spacial score (nSPS) is 15.7. The van der Waals surface area contributed by atoms with Gasteiger partial charge in [-0.1, -0.05) is 43.3 Å². The number of hydrogen-bond acceptors (Lipinski definition) is 3. The first-order valence-corrected chi connectivity index (χ1v) is 7.50. The van der Waals surface area contributed by atoms with E-state index in [1.54, 1.807) is 0 Å². The van der Waals surface area contributed by atoms with E-state index >= 15 is 0 Å². The van der Waals surface area contributed by atoms with E-state index in [0.717, 1.165) is 22.3 Å². The van der Waals surface area contributed by atoms with Gasteiger partial charge in [-0.3, -0.25) is 0 Å². The van der Waals surface area contributed by atoms with Gasteiger partial charge in [-0.25, -0.2) is 4.98 Å². The molecule has 0 radical (unpaired) electrons. The molecule has 1 aromatic heterocycles. The molecule has 0 amide bonds. The molecular weight excluding hydrogens is 266 g/mol. The molecule has 0 aliphatic heterocycles. The number of rotatable bonds is 3. The molecule has 1 aliphatic rings. The van der Waals surface area contributed by atoms with Crippen molar-refractivity contribution in [2.45, 2.75) is 31.7 Å². The lowest BCUT2D eigenvalue weighted by molar-refractivity contribution is 0.647. The summed E-state index contributed by atoms with van der Waals surface area (Å²) in [4.78, 5) is 7.49. The predicted molar refractivity (Wildman–Crippen MR) is 88.3 cm³/mol. The summed E-state index contributed by atoms with van der Waals surface area (Å²) in [6.45, 7) is 0. The Hall–Kier alpha value is -1.68. The van der Waals surface area contributed by atoms with Crippen LogP contribution in [0.3, 0.4) is 0 Å². The lowest BCUT2D eigenvalue weighted by Gasteiger charge is -2.26. The van der Waals surface area contributed by atoms with Gasteiger partial charge in [0, 0.05) is 24.0 Å². The van der Waals surface area contributed by atoms with Gasteiger partial charge in [0.15, 0.2) is 0 Å². The highest BCUT2D eigenvalue weighted by Crippen LogP contribution is 2.28. The van der Waals surface area contributed by atoms with Gasteiger partial charge in [-0.05, 0) is 25.0 Å². The van der Waals surface area contributed by atoms with Crippen molar-refractivity contribution < 1.29 is 0 Å². The van der Waals surface area contributed by atoms with Gasteiger partial charge < -0.3 is 10.6 Å². The van der Waals surface area contributed by atoms with Gasteiger partial charge in [0.25, 0.3) is 0 Å². The van der Waals surface area contributed by atoms with Crippen LogP contribution in [0.2, 0.25) is 0 Å². The van der Waals surface area contributed by atoms with Gasteiger partial charge in [0.05, 0.1) is 5.52 Å². The molecule has 0 spiro atoms. The second-order valence-electron chi connectivity index (χ2n) is 5.46. The molecule has 0 atom stereocenters. The van der Waals surface area contributed by atoms with Crippen LogP contribution in [0.15, 0.2) is 30.3 Å². The van der Waals surface area contributed by atoms with E-state index < -0.39 is 0 Å². The van der Waals surface area contributed by atoms with Crippen molar-refractivity contribution in [2.75, 3.05) is 11.9 Å². The number of nitrogens with two attached hydrogens (primary N) is 1. The summed E-state index contributed by atoms with van der Waals surface area (Å²) in [5.41, 5.74) is 7.77. The number of para-hydroxylation sites is 1. The van der Waals surface area contributed by atoms with E-state index in [9.17, 15) is 0 Å². The number of benzene rings is 1. The summed E-state index contributed by atoms with van der Waals surface area (Å²) in [5.74, 6) is 0.971. The number of hydrogen-bond donors (Lipinski definition) is 1. The quantitative estimate of drug-likeness (QED) is 0.879.